The van der Waals surface area contributed by atoms with Crippen LogP contribution in [0, 0.1) is 0 Å². The van der Waals surface area contributed by atoms with Crippen LogP contribution in [0.15, 0.2) is 6.33 Å². The summed E-state index contributed by atoms with van der Waals surface area (Å²) in [6, 6.07) is 0.161. The van der Waals surface area contributed by atoms with Crippen LogP contribution in [0.5, 0.6) is 0 Å². The number of fused-ring (bicyclic) bond motifs is 1. The van der Waals surface area contributed by atoms with Gasteiger partial charge in [-0.05, 0) is 39.0 Å². The molecule has 0 fully saturated rings. The van der Waals surface area contributed by atoms with Gasteiger partial charge in [0.1, 0.15) is 18.7 Å². The topological polar surface area (TPSA) is 66.3 Å². The molecular formula is C15H23N3O2. The number of carbonyl (C=O) groups is 1. The van der Waals surface area contributed by atoms with Crippen molar-refractivity contribution in [3.63, 3.8) is 0 Å². The van der Waals surface area contributed by atoms with Crippen molar-refractivity contribution in [2.75, 3.05) is 11.4 Å². The quantitative estimate of drug-likeness (QED) is 0.837. The highest BCUT2D eigenvalue weighted by molar-refractivity contribution is 5.74. The third kappa shape index (κ3) is 3.26. The lowest BCUT2D eigenvalue weighted by Crippen LogP contribution is -2.38. The summed E-state index contributed by atoms with van der Waals surface area (Å²) in [5, 5.41) is 9.16. The molecule has 110 valence electrons. The minimum Gasteiger partial charge on any atom is -0.480 e. The highest BCUT2D eigenvalue weighted by atomic mass is 16.4. The maximum atomic E-state index is 11.2. The molecular weight excluding hydrogens is 254 g/mol. The SMILES string of the molecule is CCC(C)N(CC(=O)O)c1ncnc2c1CCCCC2. The minimum atomic E-state index is -0.814. The van der Waals surface area contributed by atoms with Crippen molar-refractivity contribution in [3.05, 3.63) is 17.6 Å². The van der Waals surface area contributed by atoms with E-state index < -0.39 is 5.97 Å². The highest BCUT2D eigenvalue weighted by Crippen LogP contribution is 2.28. The molecule has 0 aliphatic heterocycles. The summed E-state index contributed by atoms with van der Waals surface area (Å²) >= 11 is 0. The Balaban J connectivity index is 2.39. The number of carboxylic acids is 1. The molecule has 0 bridgehead atoms. The molecule has 1 aromatic heterocycles. The number of aliphatic carboxylic acids is 1. The van der Waals surface area contributed by atoms with E-state index in [4.69, 9.17) is 5.11 Å². The van der Waals surface area contributed by atoms with Crippen LogP contribution in [0.25, 0.3) is 0 Å². The lowest BCUT2D eigenvalue weighted by atomic mass is 10.1. The van der Waals surface area contributed by atoms with Crippen molar-refractivity contribution in [1.29, 1.82) is 0 Å². The number of aromatic nitrogens is 2. The Morgan fingerprint density at radius 1 is 1.35 bits per heavy atom. The molecule has 0 radical (unpaired) electrons. The van der Waals surface area contributed by atoms with Gasteiger partial charge in [-0.1, -0.05) is 13.3 Å². The summed E-state index contributed by atoms with van der Waals surface area (Å²) in [5.41, 5.74) is 2.26. The highest BCUT2D eigenvalue weighted by Gasteiger charge is 2.23. The van der Waals surface area contributed by atoms with Crippen molar-refractivity contribution in [3.8, 4) is 0 Å². The first kappa shape index (κ1) is 14.8. The van der Waals surface area contributed by atoms with E-state index in [0.29, 0.717) is 0 Å². The Morgan fingerprint density at radius 2 is 2.10 bits per heavy atom. The number of aryl methyl sites for hydroxylation is 1. The third-order valence-electron chi connectivity index (χ3n) is 4.05. The number of carboxylic acid groups (broad SMARTS) is 1. The molecule has 2 rings (SSSR count). The van der Waals surface area contributed by atoms with Crippen LogP contribution in [-0.4, -0.2) is 33.6 Å². The maximum Gasteiger partial charge on any atom is 0.323 e. The van der Waals surface area contributed by atoms with Gasteiger partial charge in [0.15, 0.2) is 0 Å². The summed E-state index contributed by atoms with van der Waals surface area (Å²) in [7, 11) is 0. The first-order chi connectivity index (χ1) is 9.63. The fraction of sp³-hybridized carbons (Fsp3) is 0.667. The van der Waals surface area contributed by atoms with Crippen molar-refractivity contribution in [1.82, 2.24) is 9.97 Å². The van der Waals surface area contributed by atoms with Gasteiger partial charge in [-0.3, -0.25) is 4.79 Å². The fourth-order valence-corrected chi connectivity index (χ4v) is 2.73. The lowest BCUT2D eigenvalue weighted by Gasteiger charge is -2.30. The van der Waals surface area contributed by atoms with E-state index in [1.165, 1.54) is 6.42 Å². The Hall–Kier alpha value is -1.65. The standard InChI is InChI=1S/C15H23N3O2/c1-3-11(2)18(9-14(19)20)15-12-7-5-4-6-8-13(12)16-10-17-15/h10-11H,3-9H2,1-2H3,(H,19,20). The van der Waals surface area contributed by atoms with Gasteiger partial charge in [-0.15, -0.1) is 0 Å². The normalized spacial score (nSPS) is 16.1. The Labute approximate surface area is 120 Å². The molecule has 1 N–H and O–H groups in total. The van der Waals surface area contributed by atoms with Crippen LogP contribution in [0.4, 0.5) is 5.82 Å². The summed E-state index contributed by atoms with van der Waals surface area (Å²) in [5.74, 6) is 0.0138. The zero-order valence-electron chi connectivity index (χ0n) is 12.3. The second-order valence-corrected chi connectivity index (χ2v) is 5.46. The number of anilines is 1. The third-order valence-corrected chi connectivity index (χ3v) is 4.05. The predicted molar refractivity (Wildman–Crippen MR) is 78.0 cm³/mol. The fourth-order valence-electron chi connectivity index (χ4n) is 2.73. The monoisotopic (exact) mass is 277 g/mol. The van der Waals surface area contributed by atoms with Crippen molar-refractivity contribution in [2.24, 2.45) is 0 Å². The molecule has 0 amide bonds. The van der Waals surface area contributed by atoms with Crippen molar-refractivity contribution < 1.29 is 9.90 Å². The van der Waals surface area contributed by atoms with Gasteiger partial charge in [0.25, 0.3) is 0 Å². The molecule has 1 heterocycles. The molecule has 0 saturated carbocycles. The number of rotatable bonds is 5. The molecule has 1 aliphatic carbocycles. The van der Waals surface area contributed by atoms with E-state index in [0.717, 1.165) is 49.2 Å². The van der Waals surface area contributed by atoms with Gasteiger partial charge in [0.2, 0.25) is 0 Å². The summed E-state index contributed by atoms with van der Waals surface area (Å²) in [6.07, 6.45) is 7.91. The Morgan fingerprint density at radius 3 is 2.80 bits per heavy atom. The van der Waals surface area contributed by atoms with E-state index >= 15 is 0 Å². The maximum absolute atomic E-state index is 11.2. The Kier molecular flexibility index (Phi) is 4.93. The summed E-state index contributed by atoms with van der Waals surface area (Å²) in [4.78, 5) is 21.9. The van der Waals surface area contributed by atoms with Gasteiger partial charge >= 0.3 is 5.97 Å². The van der Waals surface area contributed by atoms with Crippen LogP contribution < -0.4 is 4.90 Å². The smallest absolute Gasteiger partial charge is 0.323 e. The second-order valence-electron chi connectivity index (χ2n) is 5.46. The molecule has 5 nitrogen and oxygen atoms in total. The average Bonchev–Trinajstić information content (AvgIpc) is 2.68. The van der Waals surface area contributed by atoms with Crippen molar-refractivity contribution in [2.45, 2.75) is 58.4 Å². The van der Waals surface area contributed by atoms with Crippen LogP contribution in [0.1, 0.15) is 50.8 Å². The molecule has 1 unspecified atom stereocenters. The predicted octanol–water partition coefficient (Wildman–Crippen LogP) is 2.44. The molecule has 0 aromatic carbocycles. The van der Waals surface area contributed by atoms with E-state index in [2.05, 4.69) is 16.9 Å². The second kappa shape index (κ2) is 6.68. The van der Waals surface area contributed by atoms with E-state index in [1.54, 1.807) is 6.33 Å². The van der Waals surface area contributed by atoms with E-state index in [-0.39, 0.29) is 12.6 Å². The zero-order chi connectivity index (χ0) is 14.5. The Bertz CT molecular complexity index is 476. The zero-order valence-corrected chi connectivity index (χ0v) is 12.3. The van der Waals surface area contributed by atoms with Crippen molar-refractivity contribution >= 4 is 11.8 Å². The lowest BCUT2D eigenvalue weighted by molar-refractivity contribution is -0.135. The molecule has 1 atom stereocenters. The van der Waals surface area contributed by atoms with Gasteiger partial charge in [-0.2, -0.15) is 0 Å². The average molecular weight is 277 g/mol. The van der Waals surface area contributed by atoms with Gasteiger partial charge < -0.3 is 10.0 Å². The van der Waals surface area contributed by atoms with Crippen LogP contribution in [0.2, 0.25) is 0 Å². The van der Waals surface area contributed by atoms with E-state index in [9.17, 15) is 4.79 Å². The summed E-state index contributed by atoms with van der Waals surface area (Å²) < 4.78 is 0. The van der Waals surface area contributed by atoms with Crippen LogP contribution in [0.3, 0.4) is 0 Å². The first-order valence-corrected chi connectivity index (χ1v) is 7.44. The minimum absolute atomic E-state index is 0.00153. The molecule has 1 aromatic rings. The number of hydrogen-bond donors (Lipinski definition) is 1. The van der Waals surface area contributed by atoms with Crippen LogP contribution >= 0.6 is 0 Å². The largest absolute Gasteiger partial charge is 0.480 e. The molecule has 0 saturated heterocycles. The first-order valence-electron chi connectivity index (χ1n) is 7.44. The molecule has 0 spiro atoms. The van der Waals surface area contributed by atoms with Crippen LogP contribution in [-0.2, 0) is 17.6 Å². The van der Waals surface area contributed by atoms with E-state index in [1.807, 2.05) is 11.8 Å². The molecule has 5 heteroatoms. The van der Waals surface area contributed by atoms with Gasteiger partial charge in [0.05, 0.1) is 0 Å². The summed E-state index contributed by atoms with van der Waals surface area (Å²) in [6.45, 7) is 4.12. The number of nitrogens with zero attached hydrogens (tertiary/aromatic N) is 3. The van der Waals surface area contributed by atoms with Gasteiger partial charge in [0, 0.05) is 17.3 Å². The number of hydrogen-bond acceptors (Lipinski definition) is 4. The van der Waals surface area contributed by atoms with Gasteiger partial charge in [-0.25, -0.2) is 9.97 Å². The molecule has 1 aliphatic rings. The molecule has 20 heavy (non-hydrogen) atoms.